The number of anilines is 2. The molecule has 0 N–H and O–H groups in total. The highest BCUT2D eigenvalue weighted by Gasteiger charge is 2.86. The van der Waals surface area contributed by atoms with Gasteiger partial charge in [0.15, 0.2) is 0 Å². The van der Waals surface area contributed by atoms with Crippen molar-refractivity contribution in [1.82, 2.24) is 4.90 Å². The van der Waals surface area contributed by atoms with E-state index >= 15 is 0 Å². The summed E-state index contributed by atoms with van der Waals surface area (Å²) in [5.74, 6) is -13.1. The maximum Gasteiger partial charge on any atom is 0.328 e. The maximum absolute atomic E-state index is 14.3. The third-order valence-corrected chi connectivity index (χ3v) is 8.78. The Balaban J connectivity index is 1.64. The number of fused-ring (bicyclic) bond motifs is 5. The van der Waals surface area contributed by atoms with Crippen molar-refractivity contribution in [3.63, 3.8) is 0 Å². The minimum absolute atomic E-state index is 0.177. The number of carbonyl (C=O) groups excluding carboxylic acids is 7. The predicted octanol–water partition coefficient (Wildman–Crippen LogP) is -0.0778. The zero-order valence-electron chi connectivity index (χ0n) is 22.7. The van der Waals surface area contributed by atoms with Crippen molar-refractivity contribution in [3.8, 4) is 0 Å². The molecule has 0 bridgehead atoms. The van der Waals surface area contributed by atoms with Gasteiger partial charge < -0.3 is 14.2 Å². The number of ether oxygens (including phenoxy) is 3. The molecule has 216 valence electrons. The summed E-state index contributed by atoms with van der Waals surface area (Å²) in [7, 11) is 3.11. The number of para-hydroxylation sites is 2. The fraction of sp³-hybridized carbons (Fsp3) is 0.345. The Morgan fingerprint density at radius 1 is 0.595 bits per heavy atom. The molecular weight excluding hydrogens is 550 g/mol. The Hall–Kier alpha value is -4.91. The van der Waals surface area contributed by atoms with Crippen LogP contribution in [-0.4, -0.2) is 85.4 Å². The average Bonchev–Trinajstić information content (AvgIpc) is 3.66. The lowest BCUT2D eigenvalue weighted by Crippen LogP contribution is -2.64. The first-order valence-corrected chi connectivity index (χ1v) is 13.1. The molecule has 4 amide bonds. The van der Waals surface area contributed by atoms with E-state index in [9.17, 15) is 33.6 Å². The molecule has 0 spiro atoms. The number of nitrogens with zero attached hydrogens (tertiary/aromatic N) is 3. The molecule has 4 aliphatic rings. The SMILES string of the molecule is COC(=O)[C@@H]1[C@H]2C(=O)N(c3ccccc3)C(=O)[C@H]2C2(C(=O)OC)[C@@H]3C(=O)N(c4ccccc4)C(=O)[C@@H]3[C@H](C(=O)OC)N12. The van der Waals surface area contributed by atoms with Crippen LogP contribution in [0.25, 0.3) is 0 Å². The molecule has 13 nitrogen and oxygen atoms in total. The van der Waals surface area contributed by atoms with Gasteiger partial charge in [-0.2, -0.15) is 0 Å². The molecule has 0 radical (unpaired) electrons. The highest BCUT2D eigenvalue weighted by molar-refractivity contribution is 6.29. The van der Waals surface area contributed by atoms with Gasteiger partial charge in [0.25, 0.3) is 0 Å². The molecule has 2 aromatic rings. The van der Waals surface area contributed by atoms with Crippen LogP contribution in [0.15, 0.2) is 60.7 Å². The smallest absolute Gasteiger partial charge is 0.328 e. The number of hydrogen-bond acceptors (Lipinski definition) is 11. The molecule has 0 aromatic heterocycles. The van der Waals surface area contributed by atoms with Crippen molar-refractivity contribution < 1.29 is 47.8 Å². The van der Waals surface area contributed by atoms with E-state index in [1.807, 2.05) is 0 Å². The molecule has 0 saturated carbocycles. The Kier molecular flexibility index (Phi) is 6.22. The number of esters is 3. The zero-order chi connectivity index (χ0) is 30.1. The van der Waals surface area contributed by atoms with Gasteiger partial charge in [-0.3, -0.25) is 33.7 Å². The number of methoxy groups -OCH3 is 3. The second kappa shape index (κ2) is 9.58. The number of benzene rings is 2. The normalized spacial score (nSPS) is 31.6. The van der Waals surface area contributed by atoms with Crippen molar-refractivity contribution in [3.05, 3.63) is 60.7 Å². The Bertz CT molecular complexity index is 1440. The van der Waals surface area contributed by atoms with Crippen molar-refractivity contribution in [2.24, 2.45) is 23.7 Å². The van der Waals surface area contributed by atoms with Gasteiger partial charge in [0.1, 0.15) is 17.6 Å². The van der Waals surface area contributed by atoms with Gasteiger partial charge in [0.05, 0.1) is 56.4 Å². The first kappa shape index (κ1) is 27.3. The van der Waals surface area contributed by atoms with Crippen LogP contribution in [0.1, 0.15) is 0 Å². The highest BCUT2D eigenvalue weighted by atomic mass is 16.5. The third-order valence-electron chi connectivity index (χ3n) is 8.78. The number of rotatable bonds is 5. The van der Waals surface area contributed by atoms with E-state index in [1.54, 1.807) is 36.4 Å². The maximum atomic E-state index is 14.3. The summed E-state index contributed by atoms with van der Waals surface area (Å²) in [6.07, 6.45) is 0. The van der Waals surface area contributed by atoms with Crippen LogP contribution in [0, 0.1) is 23.7 Å². The second-order valence-corrected chi connectivity index (χ2v) is 10.4. The topological polar surface area (TPSA) is 157 Å². The van der Waals surface area contributed by atoms with E-state index in [0.717, 1.165) is 36.0 Å². The lowest BCUT2D eigenvalue weighted by Gasteiger charge is -2.39. The number of hydrogen-bond donors (Lipinski definition) is 0. The monoisotopic (exact) mass is 575 g/mol. The standard InChI is InChI=1S/C29H25N3O10/c1-40-26(37)20-16-18(24(35)30(22(16)33)14-10-6-4-7-11-14)29(28(39)42-3)19-17(21(32(20)29)27(38)41-2)23(34)31(25(19)36)15-12-8-5-9-13-15/h4-13,16-21H,1-3H3/t16-,17-,18-,19-,20-,21+,29?/m0/s1. The molecule has 4 fully saturated rings. The summed E-state index contributed by atoms with van der Waals surface area (Å²) in [6.45, 7) is 0. The van der Waals surface area contributed by atoms with Crippen LogP contribution in [0.5, 0.6) is 0 Å². The second-order valence-electron chi connectivity index (χ2n) is 10.4. The van der Waals surface area contributed by atoms with Crippen molar-refractivity contribution >= 4 is 52.9 Å². The van der Waals surface area contributed by atoms with Crippen LogP contribution in [-0.2, 0) is 47.8 Å². The van der Waals surface area contributed by atoms with Crippen LogP contribution < -0.4 is 9.80 Å². The summed E-state index contributed by atoms with van der Waals surface area (Å²) in [5.41, 5.74) is -2.05. The molecule has 13 heteroatoms. The van der Waals surface area contributed by atoms with Crippen molar-refractivity contribution in [2.45, 2.75) is 17.6 Å². The molecule has 4 aliphatic heterocycles. The van der Waals surface area contributed by atoms with Gasteiger partial charge in [-0.25, -0.2) is 14.6 Å². The van der Waals surface area contributed by atoms with Crippen LogP contribution >= 0.6 is 0 Å². The fourth-order valence-corrected chi connectivity index (χ4v) is 7.39. The molecule has 1 unspecified atom stereocenters. The first-order chi connectivity index (χ1) is 20.2. The molecule has 0 aliphatic carbocycles. The average molecular weight is 576 g/mol. The lowest BCUT2D eigenvalue weighted by molar-refractivity contribution is -0.168. The van der Waals surface area contributed by atoms with Crippen LogP contribution in [0.4, 0.5) is 11.4 Å². The molecule has 4 heterocycles. The molecule has 4 saturated heterocycles. The number of imide groups is 2. The Morgan fingerprint density at radius 3 is 1.31 bits per heavy atom. The third kappa shape index (κ3) is 3.19. The first-order valence-electron chi connectivity index (χ1n) is 13.1. The predicted molar refractivity (Wildman–Crippen MR) is 140 cm³/mol. The fourth-order valence-electron chi connectivity index (χ4n) is 7.39. The van der Waals surface area contributed by atoms with Crippen LogP contribution in [0.3, 0.4) is 0 Å². The van der Waals surface area contributed by atoms with E-state index < -0.39 is 82.8 Å². The Labute approximate surface area is 238 Å². The van der Waals surface area contributed by atoms with E-state index in [2.05, 4.69) is 0 Å². The van der Waals surface area contributed by atoms with Gasteiger partial charge in [0, 0.05) is 0 Å². The summed E-state index contributed by atoms with van der Waals surface area (Å²) in [5, 5.41) is 0. The summed E-state index contributed by atoms with van der Waals surface area (Å²) >= 11 is 0. The molecule has 42 heavy (non-hydrogen) atoms. The quantitative estimate of drug-likeness (QED) is 0.267. The van der Waals surface area contributed by atoms with Crippen molar-refractivity contribution in [2.75, 3.05) is 31.1 Å². The number of carbonyl (C=O) groups is 7. The Morgan fingerprint density at radius 2 is 0.976 bits per heavy atom. The van der Waals surface area contributed by atoms with E-state index in [-0.39, 0.29) is 11.4 Å². The molecular formula is C29H25N3O10. The summed E-state index contributed by atoms with van der Waals surface area (Å²) in [6, 6.07) is 12.3. The minimum Gasteiger partial charge on any atom is -0.468 e. The summed E-state index contributed by atoms with van der Waals surface area (Å²) in [4.78, 5) is 100. The minimum atomic E-state index is -2.41. The van der Waals surface area contributed by atoms with Gasteiger partial charge in [-0.1, -0.05) is 36.4 Å². The number of amides is 4. The summed E-state index contributed by atoms with van der Waals surface area (Å²) < 4.78 is 15.2. The van der Waals surface area contributed by atoms with Gasteiger partial charge >= 0.3 is 17.9 Å². The lowest BCUT2D eigenvalue weighted by atomic mass is 9.70. The molecule has 7 atom stereocenters. The largest absolute Gasteiger partial charge is 0.468 e. The van der Waals surface area contributed by atoms with E-state index in [1.165, 1.54) is 24.3 Å². The zero-order valence-corrected chi connectivity index (χ0v) is 22.7. The van der Waals surface area contributed by atoms with Crippen molar-refractivity contribution in [1.29, 1.82) is 0 Å². The highest BCUT2D eigenvalue weighted by Crippen LogP contribution is 2.63. The van der Waals surface area contributed by atoms with Gasteiger partial charge in [-0.15, -0.1) is 0 Å². The van der Waals surface area contributed by atoms with Gasteiger partial charge in [0.2, 0.25) is 23.6 Å². The van der Waals surface area contributed by atoms with E-state index in [4.69, 9.17) is 14.2 Å². The van der Waals surface area contributed by atoms with E-state index in [0.29, 0.717) is 0 Å². The molecule has 2 aromatic carbocycles. The van der Waals surface area contributed by atoms with Gasteiger partial charge in [-0.05, 0) is 24.3 Å². The van der Waals surface area contributed by atoms with Crippen LogP contribution in [0.2, 0.25) is 0 Å². The molecule has 6 rings (SSSR count).